The number of nitrogens with zero attached hydrogens (tertiary/aromatic N) is 2. The van der Waals surface area contributed by atoms with Crippen molar-refractivity contribution in [2.24, 2.45) is 5.92 Å². The van der Waals surface area contributed by atoms with E-state index in [2.05, 4.69) is 28.0 Å². The second-order valence-corrected chi connectivity index (χ2v) is 5.81. The van der Waals surface area contributed by atoms with Gasteiger partial charge in [0.2, 0.25) is 0 Å². The van der Waals surface area contributed by atoms with Crippen LogP contribution >= 0.6 is 15.9 Å². The Morgan fingerprint density at radius 2 is 2.39 bits per heavy atom. The van der Waals surface area contributed by atoms with E-state index in [1.165, 1.54) is 0 Å². The van der Waals surface area contributed by atoms with Gasteiger partial charge in [0.05, 0.1) is 22.7 Å². The summed E-state index contributed by atoms with van der Waals surface area (Å²) in [5.41, 5.74) is 0.680. The van der Waals surface area contributed by atoms with Crippen molar-refractivity contribution < 1.29 is 9.53 Å². The minimum atomic E-state index is -0.0273. The van der Waals surface area contributed by atoms with Crippen molar-refractivity contribution in [1.29, 1.82) is 0 Å². The van der Waals surface area contributed by atoms with Gasteiger partial charge in [0.15, 0.2) is 5.78 Å². The molecule has 2 atom stereocenters. The highest BCUT2D eigenvalue weighted by Crippen LogP contribution is 2.30. The van der Waals surface area contributed by atoms with Gasteiger partial charge in [-0.2, -0.15) is 5.10 Å². The van der Waals surface area contributed by atoms with E-state index in [1.54, 1.807) is 10.9 Å². The first-order chi connectivity index (χ1) is 8.56. The number of carbonyl (C=O) groups is 1. The zero-order chi connectivity index (χ0) is 13.3. The largest absolute Gasteiger partial charge is 0.377 e. The summed E-state index contributed by atoms with van der Waals surface area (Å²) in [7, 11) is 0. The molecule has 0 aromatic carbocycles. The number of ether oxygens (including phenoxy) is 1. The van der Waals surface area contributed by atoms with Gasteiger partial charge in [0, 0.05) is 12.6 Å². The third kappa shape index (κ3) is 2.38. The summed E-state index contributed by atoms with van der Waals surface area (Å²) >= 11 is 3.43. The molecule has 0 saturated carbocycles. The van der Waals surface area contributed by atoms with E-state index < -0.39 is 0 Å². The Bertz CT molecular complexity index is 442. The van der Waals surface area contributed by atoms with Crippen LogP contribution in [0.15, 0.2) is 10.7 Å². The maximum atomic E-state index is 12.7. The second-order valence-electron chi connectivity index (χ2n) is 4.96. The van der Waals surface area contributed by atoms with Crippen LogP contribution in [-0.4, -0.2) is 28.3 Å². The van der Waals surface area contributed by atoms with Crippen LogP contribution in [0.25, 0.3) is 0 Å². The van der Waals surface area contributed by atoms with Crippen molar-refractivity contribution in [2.45, 2.75) is 45.8 Å². The summed E-state index contributed by atoms with van der Waals surface area (Å²) in [5.74, 6) is 0.123. The molecule has 0 amide bonds. The number of carbonyl (C=O) groups excluding carboxylic acids is 1. The van der Waals surface area contributed by atoms with Crippen molar-refractivity contribution in [3.05, 3.63) is 16.4 Å². The number of aromatic nitrogens is 2. The van der Waals surface area contributed by atoms with Gasteiger partial charge in [-0.05, 0) is 42.6 Å². The highest BCUT2D eigenvalue weighted by atomic mass is 79.9. The molecule has 0 spiro atoms. The monoisotopic (exact) mass is 314 g/mol. The van der Waals surface area contributed by atoms with Crippen molar-refractivity contribution in [3.63, 3.8) is 0 Å². The molecule has 1 fully saturated rings. The van der Waals surface area contributed by atoms with Crippen LogP contribution in [0, 0.1) is 5.92 Å². The normalized spacial score (nSPS) is 23.8. The molecule has 1 aromatic heterocycles. The molecule has 0 radical (unpaired) electrons. The molecule has 2 heterocycles. The number of hydrogen-bond acceptors (Lipinski definition) is 3. The van der Waals surface area contributed by atoms with Gasteiger partial charge in [-0.25, -0.2) is 0 Å². The van der Waals surface area contributed by atoms with Gasteiger partial charge in [0.25, 0.3) is 0 Å². The predicted molar refractivity (Wildman–Crippen MR) is 72.8 cm³/mol. The number of hydrogen-bond donors (Lipinski definition) is 0. The van der Waals surface area contributed by atoms with Crippen molar-refractivity contribution in [1.82, 2.24) is 9.78 Å². The van der Waals surface area contributed by atoms with Crippen LogP contribution in [-0.2, 0) is 4.74 Å². The molecule has 1 aliphatic rings. The Balaban J connectivity index is 2.31. The molecule has 18 heavy (non-hydrogen) atoms. The molecule has 1 aliphatic heterocycles. The highest BCUT2D eigenvalue weighted by molar-refractivity contribution is 9.10. The fourth-order valence-corrected chi connectivity index (χ4v) is 2.96. The maximum Gasteiger partial charge on any atom is 0.187 e. The Hall–Kier alpha value is -0.680. The van der Waals surface area contributed by atoms with Crippen molar-refractivity contribution in [3.8, 4) is 0 Å². The molecule has 4 nitrogen and oxygen atoms in total. The van der Waals surface area contributed by atoms with E-state index in [4.69, 9.17) is 4.74 Å². The zero-order valence-electron chi connectivity index (χ0n) is 11.0. The van der Waals surface area contributed by atoms with Crippen LogP contribution < -0.4 is 0 Å². The second kappa shape index (κ2) is 5.53. The molecule has 0 N–H and O–H groups in total. The summed E-state index contributed by atoms with van der Waals surface area (Å²) in [6.07, 6.45) is 3.45. The van der Waals surface area contributed by atoms with Crippen molar-refractivity contribution >= 4 is 21.7 Å². The highest BCUT2D eigenvalue weighted by Gasteiger charge is 2.36. The van der Waals surface area contributed by atoms with Gasteiger partial charge < -0.3 is 4.74 Å². The Morgan fingerprint density at radius 3 is 3.00 bits per heavy atom. The average Bonchev–Trinajstić information content (AvgIpc) is 2.93. The molecule has 2 rings (SSSR count). The van der Waals surface area contributed by atoms with Crippen molar-refractivity contribution in [2.75, 3.05) is 6.61 Å². The van der Waals surface area contributed by atoms with Gasteiger partial charge in [-0.1, -0.05) is 6.92 Å². The predicted octanol–water partition coefficient (Wildman–Crippen LogP) is 3.22. The summed E-state index contributed by atoms with van der Waals surface area (Å²) in [4.78, 5) is 12.7. The Labute approximate surface area is 116 Å². The first kappa shape index (κ1) is 13.7. The summed E-state index contributed by atoms with van der Waals surface area (Å²) < 4.78 is 8.18. The van der Waals surface area contributed by atoms with Gasteiger partial charge in [-0.3, -0.25) is 9.48 Å². The van der Waals surface area contributed by atoms with Crippen LogP contribution in [0.5, 0.6) is 0 Å². The quantitative estimate of drug-likeness (QED) is 0.801. The van der Waals surface area contributed by atoms with E-state index in [-0.39, 0.29) is 23.8 Å². The maximum absolute atomic E-state index is 12.7. The fourth-order valence-electron chi connectivity index (χ4n) is 2.49. The van der Waals surface area contributed by atoms with Gasteiger partial charge in [0.1, 0.15) is 5.69 Å². The summed E-state index contributed by atoms with van der Waals surface area (Å²) in [6.45, 7) is 6.80. The SMILES string of the molecule is CCC1OCCC1C(=O)c1c(Br)cnn1C(C)C. The lowest BCUT2D eigenvalue weighted by atomic mass is 9.93. The summed E-state index contributed by atoms with van der Waals surface area (Å²) in [5, 5.41) is 4.27. The number of halogens is 1. The van der Waals surface area contributed by atoms with E-state index in [0.29, 0.717) is 12.3 Å². The lowest BCUT2D eigenvalue weighted by molar-refractivity contribution is 0.0679. The van der Waals surface area contributed by atoms with E-state index >= 15 is 0 Å². The lowest BCUT2D eigenvalue weighted by Crippen LogP contribution is -2.26. The molecule has 1 saturated heterocycles. The molecule has 5 heteroatoms. The molecule has 0 aliphatic carbocycles. The smallest absolute Gasteiger partial charge is 0.187 e. The Morgan fingerprint density at radius 1 is 1.67 bits per heavy atom. The van der Waals surface area contributed by atoms with E-state index in [0.717, 1.165) is 17.3 Å². The van der Waals surface area contributed by atoms with Gasteiger partial charge in [-0.15, -0.1) is 0 Å². The number of rotatable bonds is 4. The molecule has 2 unspecified atom stereocenters. The minimum absolute atomic E-state index is 0.0273. The van der Waals surface area contributed by atoms with Crippen LogP contribution in [0.4, 0.5) is 0 Å². The molecule has 1 aromatic rings. The molecule has 100 valence electrons. The van der Waals surface area contributed by atoms with E-state index in [9.17, 15) is 4.79 Å². The van der Waals surface area contributed by atoms with Gasteiger partial charge >= 0.3 is 0 Å². The minimum Gasteiger partial charge on any atom is -0.377 e. The first-order valence-electron chi connectivity index (χ1n) is 6.45. The van der Waals surface area contributed by atoms with Crippen LogP contribution in [0.1, 0.15) is 50.1 Å². The Kier molecular flexibility index (Phi) is 4.22. The molecule has 0 bridgehead atoms. The zero-order valence-corrected chi connectivity index (χ0v) is 12.6. The van der Waals surface area contributed by atoms with E-state index in [1.807, 2.05) is 13.8 Å². The number of Topliss-reactive ketones (excluding diaryl/α,β-unsaturated/α-hetero) is 1. The fraction of sp³-hybridized carbons (Fsp3) is 0.692. The topological polar surface area (TPSA) is 44.1 Å². The van der Waals surface area contributed by atoms with Crippen LogP contribution in [0.2, 0.25) is 0 Å². The number of ketones is 1. The summed E-state index contributed by atoms with van der Waals surface area (Å²) in [6, 6.07) is 0.178. The average molecular weight is 315 g/mol. The first-order valence-corrected chi connectivity index (χ1v) is 7.24. The standard InChI is InChI=1S/C13H19BrN2O2/c1-4-11-9(5-6-18-11)13(17)12-10(14)7-15-16(12)8(2)3/h7-9,11H,4-6H2,1-3H3. The third-order valence-electron chi connectivity index (χ3n) is 3.42. The molecular formula is C13H19BrN2O2. The lowest BCUT2D eigenvalue weighted by Gasteiger charge is -2.17. The van der Waals surface area contributed by atoms with Crippen LogP contribution in [0.3, 0.4) is 0 Å². The molecular weight excluding hydrogens is 296 g/mol. The third-order valence-corrected chi connectivity index (χ3v) is 4.00.